The summed E-state index contributed by atoms with van der Waals surface area (Å²) in [6.07, 6.45) is 11.9. The van der Waals surface area contributed by atoms with Crippen LogP contribution in [0, 0.1) is 6.92 Å². The first kappa shape index (κ1) is 20.7. The molecule has 0 N–H and O–H groups in total. The second-order valence-electron chi connectivity index (χ2n) is 7.15. The van der Waals surface area contributed by atoms with Gasteiger partial charge in [0.2, 0.25) is 0 Å². The molecule has 29 heavy (non-hydrogen) atoms. The Morgan fingerprint density at radius 2 is 1.24 bits per heavy atom. The zero-order valence-electron chi connectivity index (χ0n) is 16.9. The van der Waals surface area contributed by atoms with E-state index in [1.165, 1.54) is 17.2 Å². The van der Waals surface area contributed by atoms with Gasteiger partial charge in [0.25, 0.3) is 5.56 Å². The van der Waals surface area contributed by atoms with Gasteiger partial charge in [-0.15, -0.1) is 0 Å². The predicted octanol–water partition coefficient (Wildman–Crippen LogP) is 1.24. The van der Waals surface area contributed by atoms with Gasteiger partial charge < -0.3 is 0 Å². The number of aromatic nitrogens is 8. The smallest absolute Gasteiger partial charge is 0.298 e. The molecule has 0 amide bonds. The first-order valence-electron chi connectivity index (χ1n) is 10.1. The predicted molar refractivity (Wildman–Crippen MR) is 107 cm³/mol. The molecule has 3 aromatic rings. The first-order valence-corrected chi connectivity index (χ1v) is 10.1. The molecular formula is C19H28N8O2. The molecule has 3 rings (SSSR count). The number of hydrogen-bond donors (Lipinski definition) is 0. The summed E-state index contributed by atoms with van der Waals surface area (Å²) >= 11 is 0. The van der Waals surface area contributed by atoms with Crippen molar-refractivity contribution in [3.05, 3.63) is 57.9 Å². The van der Waals surface area contributed by atoms with Crippen molar-refractivity contribution in [1.29, 1.82) is 0 Å². The minimum Gasteiger partial charge on any atom is -0.298 e. The Labute approximate surface area is 168 Å². The van der Waals surface area contributed by atoms with Crippen LogP contribution in [-0.2, 0) is 26.2 Å². The molecule has 10 nitrogen and oxygen atoms in total. The number of nitrogens with zero attached hydrogens (tertiary/aromatic N) is 8. The molecule has 0 atom stereocenters. The lowest BCUT2D eigenvalue weighted by atomic mass is 10.2. The maximum Gasteiger partial charge on any atom is 0.331 e. The van der Waals surface area contributed by atoms with Crippen LogP contribution in [0.15, 0.2) is 41.0 Å². The summed E-state index contributed by atoms with van der Waals surface area (Å²) in [5.74, 6) is 0. The van der Waals surface area contributed by atoms with Crippen LogP contribution >= 0.6 is 0 Å². The summed E-state index contributed by atoms with van der Waals surface area (Å²) in [7, 11) is 0. The third-order valence-electron chi connectivity index (χ3n) is 4.96. The summed E-state index contributed by atoms with van der Waals surface area (Å²) < 4.78 is 6.67. The number of aryl methyl sites for hydroxylation is 3. The van der Waals surface area contributed by atoms with Crippen LogP contribution in [0.4, 0.5) is 0 Å². The van der Waals surface area contributed by atoms with E-state index >= 15 is 0 Å². The summed E-state index contributed by atoms with van der Waals surface area (Å²) in [6, 6.07) is 1.56. The molecule has 0 spiro atoms. The minimum atomic E-state index is -0.216. The fourth-order valence-corrected chi connectivity index (χ4v) is 3.34. The van der Waals surface area contributed by atoms with Crippen molar-refractivity contribution in [2.24, 2.45) is 0 Å². The summed E-state index contributed by atoms with van der Waals surface area (Å²) in [5.41, 5.74) is 0.299. The maximum absolute atomic E-state index is 12.8. The Hall–Kier alpha value is -3.04. The van der Waals surface area contributed by atoms with Crippen molar-refractivity contribution in [2.45, 2.75) is 71.6 Å². The molecule has 0 aromatic carbocycles. The monoisotopic (exact) mass is 400 g/mol. The summed E-state index contributed by atoms with van der Waals surface area (Å²) in [6.45, 7) is 4.50. The molecule has 10 heteroatoms. The second kappa shape index (κ2) is 10.5. The van der Waals surface area contributed by atoms with E-state index in [0.29, 0.717) is 13.1 Å². The lowest BCUT2D eigenvalue weighted by Crippen LogP contribution is -2.40. The van der Waals surface area contributed by atoms with E-state index in [9.17, 15) is 9.59 Å². The van der Waals surface area contributed by atoms with Crippen molar-refractivity contribution in [3.8, 4) is 0 Å². The average molecular weight is 400 g/mol. The van der Waals surface area contributed by atoms with Crippen molar-refractivity contribution >= 4 is 0 Å². The molecule has 0 saturated heterocycles. The van der Waals surface area contributed by atoms with Crippen LogP contribution in [-0.4, -0.2) is 38.7 Å². The van der Waals surface area contributed by atoms with E-state index in [4.69, 9.17) is 0 Å². The zero-order valence-corrected chi connectivity index (χ0v) is 16.9. The van der Waals surface area contributed by atoms with Crippen LogP contribution in [0.1, 0.15) is 44.2 Å². The Bertz CT molecular complexity index is 973. The normalized spacial score (nSPS) is 11.2. The van der Waals surface area contributed by atoms with Gasteiger partial charge in [0, 0.05) is 37.9 Å². The average Bonchev–Trinajstić information content (AvgIpc) is 3.39. The highest BCUT2D eigenvalue weighted by atomic mass is 16.2. The number of unbranched alkanes of at least 4 members (excludes halogenated alkanes) is 4. The summed E-state index contributed by atoms with van der Waals surface area (Å²) in [5, 5.41) is 8.15. The highest BCUT2D eigenvalue weighted by molar-refractivity contribution is 5.00. The Morgan fingerprint density at radius 1 is 0.724 bits per heavy atom. The van der Waals surface area contributed by atoms with Crippen LogP contribution in [0.25, 0.3) is 0 Å². The number of rotatable bonds is 12. The third kappa shape index (κ3) is 5.97. The van der Waals surface area contributed by atoms with Gasteiger partial charge in [-0.05, 0) is 45.4 Å². The van der Waals surface area contributed by atoms with Crippen LogP contribution in [0.5, 0.6) is 0 Å². The molecule has 3 heterocycles. The van der Waals surface area contributed by atoms with Crippen molar-refractivity contribution < 1.29 is 0 Å². The molecule has 0 aliphatic carbocycles. The van der Waals surface area contributed by atoms with Crippen molar-refractivity contribution in [2.75, 3.05) is 0 Å². The largest absolute Gasteiger partial charge is 0.331 e. The van der Waals surface area contributed by atoms with E-state index in [-0.39, 0.29) is 11.2 Å². The Kier molecular flexibility index (Phi) is 7.48. The van der Waals surface area contributed by atoms with E-state index in [1.54, 1.807) is 32.7 Å². The minimum absolute atomic E-state index is 0.206. The molecule has 0 unspecified atom stereocenters. The molecule has 0 bridgehead atoms. The van der Waals surface area contributed by atoms with E-state index in [1.807, 2.05) is 6.92 Å². The van der Waals surface area contributed by atoms with Crippen LogP contribution in [0.2, 0.25) is 0 Å². The van der Waals surface area contributed by atoms with E-state index in [0.717, 1.165) is 57.3 Å². The fraction of sp³-hybridized carbons (Fsp3) is 0.579. The highest BCUT2D eigenvalue weighted by Crippen LogP contribution is 2.03. The van der Waals surface area contributed by atoms with Gasteiger partial charge in [0.05, 0.1) is 0 Å². The lowest BCUT2D eigenvalue weighted by Gasteiger charge is -2.13. The van der Waals surface area contributed by atoms with Gasteiger partial charge in [-0.1, -0.05) is 0 Å². The van der Waals surface area contributed by atoms with Gasteiger partial charge in [-0.25, -0.2) is 14.8 Å². The van der Waals surface area contributed by atoms with Gasteiger partial charge >= 0.3 is 5.69 Å². The molecule has 0 saturated carbocycles. The SMILES string of the molecule is Cc1cc(=O)n(CCCCCn2cncn2)c(=O)n1CCCCCn1cncn1. The topological polar surface area (TPSA) is 105 Å². The van der Waals surface area contributed by atoms with E-state index in [2.05, 4.69) is 20.2 Å². The molecule has 0 aliphatic rings. The zero-order chi connectivity index (χ0) is 20.5. The van der Waals surface area contributed by atoms with Gasteiger partial charge in [-0.3, -0.25) is 23.3 Å². The quantitative estimate of drug-likeness (QED) is 0.424. The molecular weight excluding hydrogens is 372 g/mol. The lowest BCUT2D eigenvalue weighted by molar-refractivity contribution is 0.469. The third-order valence-corrected chi connectivity index (χ3v) is 4.96. The molecule has 0 aliphatic heterocycles. The fourth-order valence-electron chi connectivity index (χ4n) is 3.34. The van der Waals surface area contributed by atoms with Gasteiger partial charge in [-0.2, -0.15) is 10.2 Å². The molecule has 0 radical (unpaired) electrons. The van der Waals surface area contributed by atoms with Crippen molar-refractivity contribution in [3.63, 3.8) is 0 Å². The highest BCUT2D eigenvalue weighted by Gasteiger charge is 2.08. The van der Waals surface area contributed by atoms with Crippen molar-refractivity contribution in [1.82, 2.24) is 38.7 Å². The molecule has 0 fully saturated rings. The Balaban J connectivity index is 1.47. The van der Waals surface area contributed by atoms with Gasteiger partial charge in [0.15, 0.2) is 0 Å². The number of hydrogen-bond acceptors (Lipinski definition) is 6. The second-order valence-corrected chi connectivity index (χ2v) is 7.15. The van der Waals surface area contributed by atoms with Crippen LogP contribution in [0.3, 0.4) is 0 Å². The molecule has 3 aromatic heterocycles. The maximum atomic E-state index is 12.8. The first-order chi connectivity index (χ1) is 14.1. The van der Waals surface area contributed by atoms with E-state index < -0.39 is 0 Å². The van der Waals surface area contributed by atoms with Crippen LogP contribution < -0.4 is 11.2 Å². The van der Waals surface area contributed by atoms with Gasteiger partial charge in [0.1, 0.15) is 25.3 Å². The Morgan fingerprint density at radius 3 is 1.76 bits per heavy atom. The standard InChI is InChI=1S/C19H28N8O2/c1-17-12-18(28)27(11-7-3-5-9-25-16-21-14-23-25)19(29)26(17)10-6-2-4-8-24-15-20-13-22-24/h12-16H,2-11H2,1H3. The molecule has 156 valence electrons. The summed E-state index contributed by atoms with van der Waals surface area (Å²) in [4.78, 5) is 32.9.